The number of pyridine rings is 1. The third-order valence-electron chi connectivity index (χ3n) is 3.76. The highest BCUT2D eigenvalue weighted by atomic mass is 32.1. The number of carbonyl (C=O) groups excluding carboxylic acids is 1. The zero-order chi connectivity index (χ0) is 15.2. The van der Waals surface area contributed by atoms with Crippen LogP contribution in [0.3, 0.4) is 0 Å². The van der Waals surface area contributed by atoms with Crippen molar-refractivity contribution in [3.8, 4) is 0 Å². The molecule has 3 rings (SSSR count). The van der Waals surface area contributed by atoms with Crippen LogP contribution >= 0.6 is 11.3 Å². The van der Waals surface area contributed by atoms with E-state index in [0.717, 1.165) is 29.5 Å². The van der Waals surface area contributed by atoms with Gasteiger partial charge >= 0.3 is 0 Å². The number of carbonyl (C=O) groups is 1. The molecule has 0 aromatic carbocycles. The van der Waals surface area contributed by atoms with Crippen LogP contribution in [-0.2, 0) is 11.2 Å². The van der Waals surface area contributed by atoms with Gasteiger partial charge in [0.1, 0.15) is 5.82 Å². The molecule has 2 aromatic rings. The molecule has 2 aromatic heterocycles. The van der Waals surface area contributed by atoms with Crippen molar-refractivity contribution in [3.05, 3.63) is 35.5 Å². The molecule has 1 aliphatic rings. The standard InChI is InChI=1S/C16H20N4OS/c21-15(18-12-6-2-1-3-7-12)10-13-11-22-16(19-13)20-14-8-4-5-9-17-14/h4-5,8-9,11-12H,1-3,6-7,10H2,(H,18,21)(H,17,19,20). The van der Waals surface area contributed by atoms with E-state index in [4.69, 9.17) is 0 Å². The van der Waals surface area contributed by atoms with Crippen molar-refractivity contribution in [2.24, 2.45) is 0 Å². The third-order valence-corrected chi connectivity index (χ3v) is 4.57. The molecule has 0 saturated heterocycles. The van der Waals surface area contributed by atoms with Gasteiger partial charge in [0.05, 0.1) is 12.1 Å². The molecular weight excluding hydrogens is 296 g/mol. The van der Waals surface area contributed by atoms with Crippen molar-refractivity contribution < 1.29 is 4.79 Å². The van der Waals surface area contributed by atoms with Crippen LogP contribution in [0.15, 0.2) is 29.8 Å². The van der Waals surface area contributed by atoms with Crippen LogP contribution in [0.25, 0.3) is 0 Å². The maximum Gasteiger partial charge on any atom is 0.226 e. The maximum absolute atomic E-state index is 12.1. The fourth-order valence-electron chi connectivity index (χ4n) is 2.68. The number of hydrogen-bond donors (Lipinski definition) is 2. The van der Waals surface area contributed by atoms with E-state index in [0.29, 0.717) is 12.5 Å². The molecule has 1 saturated carbocycles. The van der Waals surface area contributed by atoms with Gasteiger partial charge in [0.2, 0.25) is 5.91 Å². The Hall–Kier alpha value is -1.95. The number of nitrogens with zero attached hydrogens (tertiary/aromatic N) is 2. The van der Waals surface area contributed by atoms with Crippen LogP contribution in [0.1, 0.15) is 37.8 Å². The maximum atomic E-state index is 12.1. The molecule has 0 radical (unpaired) electrons. The van der Waals surface area contributed by atoms with Gasteiger partial charge in [-0.2, -0.15) is 0 Å². The quantitative estimate of drug-likeness (QED) is 0.888. The van der Waals surface area contributed by atoms with Gasteiger partial charge in [-0.15, -0.1) is 11.3 Å². The SMILES string of the molecule is O=C(Cc1csc(Nc2ccccn2)n1)NC1CCCCC1. The van der Waals surface area contributed by atoms with Crippen LogP contribution in [0.4, 0.5) is 10.9 Å². The van der Waals surface area contributed by atoms with Crippen molar-refractivity contribution in [1.82, 2.24) is 15.3 Å². The molecule has 2 N–H and O–H groups in total. The molecule has 0 aliphatic heterocycles. The van der Waals surface area contributed by atoms with Crippen molar-refractivity contribution >= 4 is 28.2 Å². The number of nitrogens with one attached hydrogen (secondary N) is 2. The molecule has 2 heterocycles. The topological polar surface area (TPSA) is 66.9 Å². The van der Waals surface area contributed by atoms with E-state index in [9.17, 15) is 4.79 Å². The fourth-order valence-corrected chi connectivity index (χ4v) is 3.40. The fraction of sp³-hybridized carbons (Fsp3) is 0.438. The van der Waals surface area contributed by atoms with Gasteiger partial charge in [-0.3, -0.25) is 4.79 Å². The first-order valence-electron chi connectivity index (χ1n) is 7.71. The summed E-state index contributed by atoms with van der Waals surface area (Å²) in [6, 6.07) is 6.03. The van der Waals surface area contributed by atoms with Crippen molar-refractivity contribution in [1.29, 1.82) is 0 Å². The number of aromatic nitrogens is 2. The first-order chi connectivity index (χ1) is 10.8. The lowest BCUT2D eigenvalue weighted by Gasteiger charge is -2.22. The highest BCUT2D eigenvalue weighted by Gasteiger charge is 2.16. The molecule has 0 spiro atoms. The summed E-state index contributed by atoms with van der Waals surface area (Å²) in [6.45, 7) is 0. The highest BCUT2D eigenvalue weighted by Crippen LogP contribution is 2.20. The van der Waals surface area contributed by atoms with Gasteiger partial charge < -0.3 is 10.6 Å². The van der Waals surface area contributed by atoms with Gasteiger partial charge in [-0.05, 0) is 25.0 Å². The molecule has 0 unspecified atom stereocenters. The van der Waals surface area contributed by atoms with Gasteiger partial charge in [-0.25, -0.2) is 9.97 Å². The molecule has 0 atom stereocenters. The second kappa shape index (κ2) is 7.35. The molecular formula is C16H20N4OS. The molecule has 1 aliphatic carbocycles. The zero-order valence-electron chi connectivity index (χ0n) is 12.4. The largest absolute Gasteiger partial charge is 0.353 e. The Balaban J connectivity index is 1.51. The smallest absolute Gasteiger partial charge is 0.226 e. The number of rotatable bonds is 5. The van der Waals surface area contributed by atoms with E-state index in [2.05, 4.69) is 20.6 Å². The summed E-state index contributed by atoms with van der Waals surface area (Å²) in [7, 11) is 0. The van der Waals surface area contributed by atoms with E-state index >= 15 is 0 Å². The summed E-state index contributed by atoms with van der Waals surface area (Å²) in [4.78, 5) is 20.7. The Kier molecular flexibility index (Phi) is 5.00. The minimum atomic E-state index is 0.0709. The lowest BCUT2D eigenvalue weighted by molar-refractivity contribution is -0.121. The first kappa shape index (κ1) is 15.0. The number of hydrogen-bond acceptors (Lipinski definition) is 5. The van der Waals surface area contributed by atoms with Crippen LogP contribution in [-0.4, -0.2) is 21.9 Å². The summed E-state index contributed by atoms with van der Waals surface area (Å²) < 4.78 is 0. The normalized spacial score (nSPS) is 15.5. The molecule has 22 heavy (non-hydrogen) atoms. The molecule has 0 bridgehead atoms. The minimum absolute atomic E-state index is 0.0709. The highest BCUT2D eigenvalue weighted by molar-refractivity contribution is 7.13. The Morgan fingerprint density at radius 3 is 2.91 bits per heavy atom. The minimum Gasteiger partial charge on any atom is -0.353 e. The molecule has 116 valence electrons. The molecule has 5 nitrogen and oxygen atoms in total. The predicted octanol–water partition coefficient (Wildman–Crippen LogP) is 3.27. The average Bonchev–Trinajstić information content (AvgIpc) is 2.96. The third kappa shape index (κ3) is 4.27. The number of amides is 1. The summed E-state index contributed by atoms with van der Waals surface area (Å²) in [5, 5.41) is 8.95. The lowest BCUT2D eigenvalue weighted by atomic mass is 9.95. The van der Waals surface area contributed by atoms with E-state index in [1.807, 2.05) is 23.6 Å². The summed E-state index contributed by atoms with van der Waals surface area (Å²) in [6.07, 6.45) is 8.02. The average molecular weight is 316 g/mol. The van der Waals surface area contributed by atoms with Crippen LogP contribution in [0.2, 0.25) is 0 Å². The Labute approximate surface area is 134 Å². The van der Waals surface area contributed by atoms with Crippen LogP contribution in [0, 0.1) is 0 Å². The van der Waals surface area contributed by atoms with Gasteiger partial charge in [0, 0.05) is 17.6 Å². The zero-order valence-corrected chi connectivity index (χ0v) is 13.2. The second-order valence-corrected chi connectivity index (χ2v) is 6.42. The van der Waals surface area contributed by atoms with Crippen LogP contribution < -0.4 is 10.6 Å². The Bertz CT molecular complexity index is 608. The van der Waals surface area contributed by atoms with Crippen molar-refractivity contribution in [3.63, 3.8) is 0 Å². The van der Waals surface area contributed by atoms with Gasteiger partial charge in [0.15, 0.2) is 5.13 Å². The molecule has 1 fully saturated rings. The Morgan fingerprint density at radius 1 is 1.27 bits per heavy atom. The van der Waals surface area contributed by atoms with E-state index in [1.54, 1.807) is 6.20 Å². The van der Waals surface area contributed by atoms with Crippen LogP contribution in [0.5, 0.6) is 0 Å². The van der Waals surface area contributed by atoms with E-state index in [-0.39, 0.29) is 5.91 Å². The molecule has 6 heteroatoms. The lowest BCUT2D eigenvalue weighted by Crippen LogP contribution is -2.37. The van der Waals surface area contributed by atoms with Gasteiger partial charge in [-0.1, -0.05) is 25.3 Å². The summed E-state index contributed by atoms with van der Waals surface area (Å²) in [5.41, 5.74) is 0.803. The van der Waals surface area contributed by atoms with Crippen molar-refractivity contribution in [2.75, 3.05) is 5.32 Å². The van der Waals surface area contributed by atoms with E-state index < -0.39 is 0 Å². The predicted molar refractivity (Wildman–Crippen MR) is 88.4 cm³/mol. The Morgan fingerprint density at radius 2 is 2.14 bits per heavy atom. The number of anilines is 2. The first-order valence-corrected chi connectivity index (χ1v) is 8.59. The number of thiazole rings is 1. The van der Waals surface area contributed by atoms with Gasteiger partial charge in [0.25, 0.3) is 0 Å². The second-order valence-electron chi connectivity index (χ2n) is 5.56. The monoisotopic (exact) mass is 316 g/mol. The summed E-state index contributed by atoms with van der Waals surface area (Å²) in [5.74, 6) is 0.830. The molecule has 1 amide bonds. The summed E-state index contributed by atoms with van der Waals surface area (Å²) >= 11 is 1.49. The van der Waals surface area contributed by atoms with E-state index in [1.165, 1.54) is 30.6 Å². The van der Waals surface area contributed by atoms with Crippen molar-refractivity contribution in [2.45, 2.75) is 44.6 Å².